The van der Waals surface area contributed by atoms with Crippen molar-refractivity contribution in [3.8, 4) is 23.3 Å². The number of rotatable bonds is 5. The first-order chi connectivity index (χ1) is 12.2. The lowest BCUT2D eigenvalue weighted by Crippen LogP contribution is -1.95. The highest BCUT2D eigenvalue weighted by atomic mass is 32.1. The quantitative estimate of drug-likeness (QED) is 0.637. The highest BCUT2D eigenvalue weighted by Gasteiger charge is 2.14. The van der Waals surface area contributed by atoms with Gasteiger partial charge < -0.3 is 14.2 Å². The fourth-order valence-corrected chi connectivity index (χ4v) is 3.38. The lowest BCUT2D eigenvalue weighted by atomic mass is 10.1. The summed E-state index contributed by atoms with van der Waals surface area (Å²) in [6.07, 6.45) is 1.75. The maximum absolute atomic E-state index is 9.61. The second-order valence-corrected chi connectivity index (χ2v) is 6.14. The Morgan fingerprint density at radius 3 is 2.36 bits per heavy atom. The molecule has 1 aromatic heterocycles. The Balaban J connectivity index is 2.12. The standard InChI is InChI=1S/C19H16N2O3S/c1-22-15-10-17(24-3)16(23-2)9-12(15)8-13(11-20)19-21-14-6-4-5-7-18(14)25-19/h4-10H,1-3H3/b13-8+. The molecule has 3 rings (SSSR count). The van der Waals surface area contributed by atoms with Crippen LogP contribution >= 0.6 is 11.3 Å². The number of benzene rings is 2. The van der Waals surface area contributed by atoms with Gasteiger partial charge in [-0.3, -0.25) is 0 Å². The highest BCUT2D eigenvalue weighted by molar-refractivity contribution is 7.19. The predicted molar refractivity (Wildman–Crippen MR) is 99.2 cm³/mol. The van der Waals surface area contributed by atoms with Gasteiger partial charge in [-0.25, -0.2) is 4.98 Å². The number of hydrogen-bond donors (Lipinski definition) is 0. The van der Waals surface area contributed by atoms with Crippen LogP contribution in [0, 0.1) is 11.3 Å². The summed E-state index contributed by atoms with van der Waals surface area (Å²) in [6.45, 7) is 0. The van der Waals surface area contributed by atoms with E-state index in [-0.39, 0.29) is 0 Å². The molecule has 2 aromatic carbocycles. The van der Waals surface area contributed by atoms with E-state index in [1.165, 1.54) is 11.3 Å². The van der Waals surface area contributed by atoms with E-state index in [4.69, 9.17) is 14.2 Å². The zero-order valence-electron chi connectivity index (χ0n) is 14.1. The van der Waals surface area contributed by atoms with Crippen LogP contribution in [0.4, 0.5) is 0 Å². The topological polar surface area (TPSA) is 64.4 Å². The van der Waals surface area contributed by atoms with Crippen LogP contribution in [0.15, 0.2) is 36.4 Å². The smallest absolute Gasteiger partial charge is 0.164 e. The van der Waals surface area contributed by atoms with Crippen LogP contribution in [-0.2, 0) is 0 Å². The van der Waals surface area contributed by atoms with E-state index in [0.717, 1.165) is 15.8 Å². The third-order valence-electron chi connectivity index (χ3n) is 3.68. The number of nitriles is 1. The average Bonchev–Trinajstić information content (AvgIpc) is 3.09. The summed E-state index contributed by atoms with van der Waals surface area (Å²) in [5.74, 6) is 1.72. The van der Waals surface area contributed by atoms with Gasteiger partial charge in [0.2, 0.25) is 0 Å². The molecule has 0 aliphatic rings. The molecule has 0 aliphatic carbocycles. The van der Waals surface area contributed by atoms with Crippen LogP contribution in [0.2, 0.25) is 0 Å². The zero-order valence-corrected chi connectivity index (χ0v) is 14.9. The summed E-state index contributed by atoms with van der Waals surface area (Å²) >= 11 is 1.48. The van der Waals surface area contributed by atoms with Crippen LogP contribution in [0.5, 0.6) is 17.2 Å². The molecule has 0 saturated heterocycles. The minimum absolute atomic E-state index is 0.465. The van der Waals surface area contributed by atoms with Crippen LogP contribution in [0.25, 0.3) is 21.9 Å². The maximum atomic E-state index is 9.61. The van der Waals surface area contributed by atoms with Crippen molar-refractivity contribution in [2.24, 2.45) is 0 Å². The first-order valence-corrected chi connectivity index (χ1v) is 8.29. The molecule has 25 heavy (non-hydrogen) atoms. The molecule has 0 radical (unpaired) electrons. The molecule has 1 heterocycles. The second-order valence-electron chi connectivity index (χ2n) is 5.11. The molecule has 0 bridgehead atoms. The van der Waals surface area contributed by atoms with Crippen molar-refractivity contribution in [1.82, 2.24) is 4.98 Å². The zero-order chi connectivity index (χ0) is 17.8. The van der Waals surface area contributed by atoms with E-state index in [1.807, 2.05) is 24.3 Å². The summed E-state index contributed by atoms with van der Waals surface area (Å²) in [7, 11) is 4.70. The first-order valence-electron chi connectivity index (χ1n) is 7.48. The minimum atomic E-state index is 0.465. The number of para-hydroxylation sites is 1. The second kappa shape index (κ2) is 7.24. The molecule has 5 nitrogen and oxygen atoms in total. The van der Waals surface area contributed by atoms with Crippen molar-refractivity contribution in [2.45, 2.75) is 0 Å². The fraction of sp³-hybridized carbons (Fsp3) is 0.158. The number of hydrogen-bond acceptors (Lipinski definition) is 6. The molecule has 0 atom stereocenters. The molecular formula is C19H16N2O3S. The van der Waals surface area contributed by atoms with E-state index in [9.17, 15) is 5.26 Å². The van der Waals surface area contributed by atoms with Crippen LogP contribution < -0.4 is 14.2 Å². The number of allylic oxidation sites excluding steroid dienone is 1. The van der Waals surface area contributed by atoms with Crippen molar-refractivity contribution in [2.75, 3.05) is 21.3 Å². The predicted octanol–water partition coefficient (Wildman–Crippen LogP) is 4.39. The summed E-state index contributed by atoms with van der Waals surface area (Å²) in [5, 5.41) is 10.3. The molecule has 0 spiro atoms. The molecule has 0 unspecified atom stereocenters. The van der Waals surface area contributed by atoms with Crippen LogP contribution in [0.1, 0.15) is 10.6 Å². The van der Waals surface area contributed by atoms with Crippen molar-refractivity contribution in [3.05, 3.63) is 47.0 Å². The van der Waals surface area contributed by atoms with E-state index in [0.29, 0.717) is 27.8 Å². The Hall–Kier alpha value is -3.04. The molecule has 0 N–H and O–H groups in total. The first kappa shape index (κ1) is 16.8. The van der Waals surface area contributed by atoms with Gasteiger partial charge in [0.1, 0.15) is 16.8 Å². The van der Waals surface area contributed by atoms with Gasteiger partial charge in [-0.15, -0.1) is 11.3 Å². The molecule has 0 amide bonds. The highest BCUT2D eigenvalue weighted by Crippen LogP contribution is 2.37. The van der Waals surface area contributed by atoms with Crippen molar-refractivity contribution < 1.29 is 14.2 Å². The van der Waals surface area contributed by atoms with Crippen LogP contribution in [0.3, 0.4) is 0 Å². The monoisotopic (exact) mass is 352 g/mol. The van der Waals surface area contributed by atoms with E-state index < -0.39 is 0 Å². The van der Waals surface area contributed by atoms with E-state index >= 15 is 0 Å². The summed E-state index contributed by atoms with van der Waals surface area (Å²) in [6, 6.07) is 13.5. The number of fused-ring (bicyclic) bond motifs is 1. The Morgan fingerprint density at radius 1 is 1.04 bits per heavy atom. The summed E-state index contributed by atoms with van der Waals surface area (Å²) < 4.78 is 17.1. The Labute approximate surface area is 149 Å². The molecule has 0 fully saturated rings. The average molecular weight is 352 g/mol. The third kappa shape index (κ3) is 3.28. The normalized spacial score (nSPS) is 11.2. The van der Waals surface area contributed by atoms with Gasteiger partial charge in [-0.1, -0.05) is 12.1 Å². The maximum Gasteiger partial charge on any atom is 0.164 e. The van der Waals surface area contributed by atoms with Gasteiger partial charge in [-0.05, 0) is 24.3 Å². The lowest BCUT2D eigenvalue weighted by Gasteiger charge is -2.12. The number of thiazole rings is 1. The van der Waals surface area contributed by atoms with Crippen molar-refractivity contribution >= 4 is 33.2 Å². The number of nitrogens with zero attached hydrogens (tertiary/aromatic N) is 2. The van der Waals surface area contributed by atoms with Crippen LogP contribution in [-0.4, -0.2) is 26.3 Å². The molecule has 6 heteroatoms. The molecule has 3 aromatic rings. The van der Waals surface area contributed by atoms with Crippen molar-refractivity contribution in [1.29, 1.82) is 5.26 Å². The molecule has 0 aliphatic heterocycles. The van der Waals surface area contributed by atoms with E-state index in [2.05, 4.69) is 11.1 Å². The Bertz CT molecular complexity index is 953. The van der Waals surface area contributed by atoms with Gasteiger partial charge in [-0.2, -0.15) is 5.26 Å². The largest absolute Gasteiger partial charge is 0.496 e. The Morgan fingerprint density at radius 2 is 1.72 bits per heavy atom. The number of methoxy groups -OCH3 is 3. The van der Waals surface area contributed by atoms with Gasteiger partial charge in [0, 0.05) is 11.6 Å². The van der Waals surface area contributed by atoms with Gasteiger partial charge in [0.15, 0.2) is 11.5 Å². The molecule has 126 valence electrons. The lowest BCUT2D eigenvalue weighted by molar-refractivity contribution is 0.348. The molecular weight excluding hydrogens is 336 g/mol. The fourth-order valence-electron chi connectivity index (χ4n) is 2.45. The Kier molecular flexibility index (Phi) is 4.87. The van der Waals surface area contributed by atoms with Gasteiger partial charge in [0.05, 0.1) is 37.1 Å². The van der Waals surface area contributed by atoms with Gasteiger partial charge >= 0.3 is 0 Å². The number of aromatic nitrogens is 1. The van der Waals surface area contributed by atoms with E-state index in [1.54, 1.807) is 39.5 Å². The summed E-state index contributed by atoms with van der Waals surface area (Å²) in [4.78, 5) is 4.54. The molecule has 0 saturated carbocycles. The summed E-state index contributed by atoms with van der Waals surface area (Å²) in [5.41, 5.74) is 2.06. The third-order valence-corrected chi connectivity index (χ3v) is 4.75. The van der Waals surface area contributed by atoms with Gasteiger partial charge in [0.25, 0.3) is 0 Å². The minimum Gasteiger partial charge on any atom is -0.496 e. The SMILES string of the molecule is COc1cc(OC)c(OC)cc1/C=C(\C#N)c1nc2ccccc2s1. The number of ether oxygens (including phenoxy) is 3. The van der Waals surface area contributed by atoms with Crippen molar-refractivity contribution in [3.63, 3.8) is 0 Å².